The highest BCUT2D eigenvalue weighted by Gasteiger charge is 2.45. The van der Waals surface area contributed by atoms with Crippen LogP contribution in [0.1, 0.15) is 24.0 Å². The maximum atomic E-state index is 12.6. The van der Waals surface area contributed by atoms with E-state index in [0.29, 0.717) is 13.1 Å². The standard InChI is InChI=1S/C29H34N6O2/c1-33(2)20-27(36)34-16-13-29(14-17-34)21-35(26-8-4-3-7-25(26)29)24-11-9-23(10-12-24)32-28(37)31-19-22-6-5-15-30-18-22/h3-12,15,18H,13-14,16-17,19-21H2,1-2H3,(H2,31,32,37). The van der Waals surface area contributed by atoms with E-state index < -0.39 is 0 Å². The molecule has 0 unspecified atom stereocenters. The van der Waals surface area contributed by atoms with Gasteiger partial charge in [0.15, 0.2) is 0 Å². The molecule has 5 rings (SSSR count). The van der Waals surface area contributed by atoms with Crippen LogP contribution in [0.15, 0.2) is 73.1 Å². The lowest BCUT2D eigenvalue weighted by Crippen LogP contribution is -2.48. The summed E-state index contributed by atoms with van der Waals surface area (Å²) in [6, 6.07) is 20.2. The normalized spacial score (nSPS) is 16.1. The first-order chi connectivity index (χ1) is 17.9. The van der Waals surface area contributed by atoms with Crippen molar-refractivity contribution in [3.8, 4) is 0 Å². The fraction of sp³-hybridized carbons (Fsp3) is 0.345. The number of fused-ring (bicyclic) bond motifs is 2. The largest absolute Gasteiger partial charge is 0.342 e. The van der Waals surface area contributed by atoms with Crippen LogP contribution in [0.2, 0.25) is 0 Å². The van der Waals surface area contributed by atoms with Gasteiger partial charge in [-0.25, -0.2) is 4.79 Å². The third-order valence-electron chi connectivity index (χ3n) is 7.36. The van der Waals surface area contributed by atoms with Gasteiger partial charge in [-0.2, -0.15) is 0 Å². The third-order valence-corrected chi connectivity index (χ3v) is 7.36. The van der Waals surface area contributed by atoms with E-state index in [0.717, 1.165) is 49.4 Å². The average molecular weight is 499 g/mol. The van der Waals surface area contributed by atoms with Crippen molar-refractivity contribution >= 4 is 29.0 Å². The topological polar surface area (TPSA) is 80.8 Å². The van der Waals surface area contributed by atoms with Crippen molar-refractivity contribution in [2.75, 3.05) is 50.5 Å². The number of carbonyl (C=O) groups excluding carboxylic acids is 2. The van der Waals surface area contributed by atoms with Gasteiger partial charge in [0, 0.05) is 61.0 Å². The Kier molecular flexibility index (Phi) is 7.10. The van der Waals surface area contributed by atoms with E-state index in [-0.39, 0.29) is 17.4 Å². The number of carbonyl (C=O) groups is 2. The highest BCUT2D eigenvalue weighted by atomic mass is 16.2. The van der Waals surface area contributed by atoms with Gasteiger partial charge in [0.25, 0.3) is 0 Å². The minimum Gasteiger partial charge on any atom is -0.342 e. The van der Waals surface area contributed by atoms with Crippen molar-refractivity contribution < 1.29 is 9.59 Å². The second-order valence-electron chi connectivity index (χ2n) is 10.2. The van der Waals surface area contributed by atoms with E-state index in [1.165, 1.54) is 11.3 Å². The number of aromatic nitrogens is 1. The first kappa shape index (κ1) is 24.8. The average Bonchev–Trinajstić information content (AvgIpc) is 3.22. The monoisotopic (exact) mass is 498 g/mol. The first-order valence-electron chi connectivity index (χ1n) is 12.8. The Morgan fingerprint density at radius 1 is 1.00 bits per heavy atom. The molecule has 0 radical (unpaired) electrons. The van der Waals surface area contributed by atoms with Crippen molar-refractivity contribution in [3.63, 3.8) is 0 Å². The van der Waals surface area contributed by atoms with Crippen molar-refractivity contribution in [2.24, 2.45) is 0 Å². The summed E-state index contributed by atoms with van der Waals surface area (Å²) in [6.07, 6.45) is 5.36. The number of nitrogens with one attached hydrogen (secondary N) is 2. The molecule has 2 aliphatic heterocycles. The van der Waals surface area contributed by atoms with Gasteiger partial charge in [-0.1, -0.05) is 24.3 Å². The van der Waals surface area contributed by atoms with Gasteiger partial charge < -0.3 is 25.3 Å². The van der Waals surface area contributed by atoms with Gasteiger partial charge in [-0.3, -0.25) is 9.78 Å². The molecular formula is C29H34N6O2. The van der Waals surface area contributed by atoms with Crippen LogP contribution >= 0.6 is 0 Å². The van der Waals surface area contributed by atoms with Crippen molar-refractivity contribution in [2.45, 2.75) is 24.8 Å². The Hall–Kier alpha value is -3.91. The molecule has 8 heteroatoms. The second-order valence-corrected chi connectivity index (χ2v) is 10.2. The van der Waals surface area contributed by atoms with Gasteiger partial charge in [0.2, 0.25) is 5.91 Å². The molecule has 2 aromatic carbocycles. The predicted octanol–water partition coefficient (Wildman–Crippen LogP) is 3.98. The third kappa shape index (κ3) is 5.44. The number of amides is 3. The van der Waals surface area contributed by atoms with Crippen molar-refractivity contribution in [3.05, 3.63) is 84.2 Å². The van der Waals surface area contributed by atoms with E-state index in [9.17, 15) is 9.59 Å². The molecule has 0 bridgehead atoms. The maximum Gasteiger partial charge on any atom is 0.319 e. The van der Waals surface area contributed by atoms with Crippen LogP contribution in [0.25, 0.3) is 0 Å². The Morgan fingerprint density at radius 3 is 2.46 bits per heavy atom. The van der Waals surface area contributed by atoms with Gasteiger partial charge in [0.1, 0.15) is 0 Å². The number of hydrogen-bond donors (Lipinski definition) is 2. The zero-order chi connectivity index (χ0) is 25.8. The summed E-state index contributed by atoms with van der Waals surface area (Å²) in [5, 5.41) is 5.76. The summed E-state index contributed by atoms with van der Waals surface area (Å²) in [7, 11) is 3.87. The second kappa shape index (κ2) is 10.6. The van der Waals surface area contributed by atoms with Crippen molar-refractivity contribution in [1.82, 2.24) is 20.1 Å². The number of urea groups is 1. The van der Waals surface area contributed by atoms with Crippen LogP contribution in [-0.2, 0) is 16.8 Å². The fourth-order valence-corrected chi connectivity index (χ4v) is 5.43. The van der Waals surface area contributed by atoms with Crippen molar-refractivity contribution in [1.29, 1.82) is 0 Å². The minimum atomic E-state index is -0.252. The molecule has 2 aliphatic rings. The summed E-state index contributed by atoms with van der Waals surface area (Å²) < 4.78 is 0. The number of likely N-dealkylation sites (N-methyl/N-ethyl adjacent to an activating group) is 1. The molecule has 1 saturated heterocycles. The Balaban J connectivity index is 1.24. The highest BCUT2D eigenvalue weighted by molar-refractivity contribution is 5.89. The molecule has 0 atom stereocenters. The smallest absolute Gasteiger partial charge is 0.319 e. The SMILES string of the molecule is CN(C)CC(=O)N1CCC2(CC1)CN(c1ccc(NC(=O)NCc3cccnc3)cc1)c1ccccc12. The number of benzene rings is 2. The number of likely N-dealkylation sites (tertiary alicyclic amines) is 1. The number of nitrogens with zero attached hydrogens (tertiary/aromatic N) is 4. The van der Waals surface area contributed by atoms with Crippen LogP contribution in [0, 0.1) is 0 Å². The first-order valence-corrected chi connectivity index (χ1v) is 12.8. The predicted molar refractivity (Wildman–Crippen MR) is 146 cm³/mol. The zero-order valence-corrected chi connectivity index (χ0v) is 21.5. The molecule has 3 heterocycles. The van der Waals surface area contributed by atoms with E-state index in [2.05, 4.69) is 56.9 Å². The summed E-state index contributed by atoms with van der Waals surface area (Å²) in [6.45, 7) is 3.33. The lowest BCUT2D eigenvalue weighted by molar-refractivity contribution is -0.133. The van der Waals surface area contributed by atoms with Crippen LogP contribution in [0.4, 0.5) is 21.9 Å². The minimum absolute atomic E-state index is 0.0363. The lowest BCUT2D eigenvalue weighted by Gasteiger charge is -2.40. The number of anilines is 3. The Morgan fingerprint density at radius 2 is 1.76 bits per heavy atom. The molecule has 0 saturated carbocycles. The molecule has 3 aromatic rings. The van der Waals surface area contributed by atoms with E-state index in [1.54, 1.807) is 12.4 Å². The summed E-state index contributed by atoms with van der Waals surface area (Å²) >= 11 is 0. The molecule has 8 nitrogen and oxygen atoms in total. The molecule has 1 spiro atoms. The number of para-hydroxylation sites is 1. The molecular weight excluding hydrogens is 464 g/mol. The zero-order valence-electron chi connectivity index (χ0n) is 21.5. The highest BCUT2D eigenvalue weighted by Crippen LogP contribution is 2.49. The van der Waals surface area contributed by atoms with E-state index in [4.69, 9.17) is 0 Å². The van der Waals surface area contributed by atoms with Crippen LogP contribution in [0.5, 0.6) is 0 Å². The molecule has 37 heavy (non-hydrogen) atoms. The molecule has 1 aromatic heterocycles. The van der Waals surface area contributed by atoms with Gasteiger partial charge in [-0.05, 0) is 74.5 Å². The van der Waals surface area contributed by atoms with Crippen LogP contribution in [0.3, 0.4) is 0 Å². The summed E-state index contributed by atoms with van der Waals surface area (Å²) in [5.74, 6) is 0.204. The fourth-order valence-electron chi connectivity index (χ4n) is 5.43. The molecule has 3 amide bonds. The van der Waals surface area contributed by atoms with Crippen LogP contribution < -0.4 is 15.5 Å². The number of rotatable bonds is 6. The van der Waals surface area contributed by atoms with Gasteiger partial charge in [-0.15, -0.1) is 0 Å². The van der Waals surface area contributed by atoms with Gasteiger partial charge >= 0.3 is 6.03 Å². The quantitative estimate of drug-likeness (QED) is 0.538. The summed E-state index contributed by atoms with van der Waals surface area (Å²) in [4.78, 5) is 35.3. The lowest BCUT2D eigenvalue weighted by atomic mass is 9.74. The summed E-state index contributed by atoms with van der Waals surface area (Å²) in [5.41, 5.74) is 5.41. The number of piperidine rings is 1. The molecule has 192 valence electrons. The number of pyridine rings is 1. The van der Waals surface area contributed by atoms with Gasteiger partial charge in [0.05, 0.1) is 6.54 Å². The Labute approximate surface area is 218 Å². The Bertz CT molecular complexity index is 1240. The molecule has 0 aliphatic carbocycles. The van der Waals surface area contributed by atoms with E-state index >= 15 is 0 Å². The number of hydrogen-bond acceptors (Lipinski definition) is 5. The molecule has 1 fully saturated rings. The van der Waals surface area contributed by atoms with Crippen LogP contribution in [-0.4, -0.2) is 67.0 Å². The van der Waals surface area contributed by atoms with E-state index in [1.807, 2.05) is 48.2 Å². The molecule has 2 N–H and O–H groups in total. The maximum absolute atomic E-state index is 12.6.